The molecule has 4 aromatic rings. The molecule has 0 radical (unpaired) electrons. The number of methoxy groups -OCH3 is 1. The van der Waals surface area contributed by atoms with E-state index in [1.807, 2.05) is 0 Å². The molecule has 30 heavy (non-hydrogen) atoms. The van der Waals surface area contributed by atoms with Crippen LogP contribution in [0.4, 0.5) is 8.78 Å². The number of hydrogen-bond donors (Lipinski definition) is 0. The zero-order valence-corrected chi connectivity index (χ0v) is 15.8. The van der Waals surface area contributed by atoms with Crippen LogP contribution in [0.5, 0.6) is 5.75 Å². The third-order valence-corrected chi connectivity index (χ3v) is 4.67. The normalized spacial score (nSPS) is 10.9. The Morgan fingerprint density at radius 3 is 2.30 bits per heavy atom. The smallest absolute Gasteiger partial charge is 0.357 e. The maximum Gasteiger partial charge on any atom is 0.357 e. The number of nitrogens with zero attached hydrogens (tertiary/aromatic N) is 2. The Balaban J connectivity index is 1.87. The van der Waals surface area contributed by atoms with Gasteiger partial charge in [-0.05, 0) is 42.5 Å². The number of fused-ring (bicyclic) bond motifs is 1. The predicted molar refractivity (Wildman–Crippen MR) is 106 cm³/mol. The van der Waals surface area contributed by atoms with Gasteiger partial charge < -0.3 is 14.8 Å². The van der Waals surface area contributed by atoms with Gasteiger partial charge in [0.2, 0.25) is 5.52 Å². The van der Waals surface area contributed by atoms with Crippen LogP contribution in [0.3, 0.4) is 0 Å². The number of ether oxygens (including phenoxy) is 1. The molecule has 0 saturated carbocycles. The highest BCUT2D eigenvalue weighted by molar-refractivity contribution is 5.73. The van der Waals surface area contributed by atoms with Gasteiger partial charge in [-0.15, -0.1) is 4.73 Å². The first-order chi connectivity index (χ1) is 14.5. The number of halogens is 2. The van der Waals surface area contributed by atoms with E-state index in [0.29, 0.717) is 16.0 Å². The Bertz CT molecular complexity index is 1270. The molecule has 0 amide bonds. The van der Waals surface area contributed by atoms with Gasteiger partial charge in [0.15, 0.2) is 5.52 Å². The highest BCUT2D eigenvalue weighted by atomic mass is 19.1. The van der Waals surface area contributed by atoms with Gasteiger partial charge in [0.1, 0.15) is 24.0 Å². The van der Waals surface area contributed by atoms with Crippen molar-refractivity contribution in [2.75, 3.05) is 7.11 Å². The van der Waals surface area contributed by atoms with Crippen molar-refractivity contribution in [3.63, 3.8) is 0 Å². The van der Waals surface area contributed by atoms with Crippen LogP contribution in [0.2, 0.25) is 0 Å². The van der Waals surface area contributed by atoms with E-state index in [1.165, 1.54) is 25.3 Å². The summed E-state index contributed by atoms with van der Waals surface area (Å²) in [6.07, 6.45) is 0. The molecule has 0 saturated heterocycles. The molecule has 152 valence electrons. The number of para-hydroxylation sites is 2. The van der Waals surface area contributed by atoms with Crippen LogP contribution in [-0.2, 0) is 6.61 Å². The molecule has 0 atom stereocenters. The first-order valence-corrected chi connectivity index (χ1v) is 8.99. The predicted octanol–water partition coefficient (Wildman–Crippen LogP) is 3.22. The first-order valence-electron chi connectivity index (χ1n) is 8.99. The van der Waals surface area contributed by atoms with E-state index >= 15 is 0 Å². The summed E-state index contributed by atoms with van der Waals surface area (Å²) in [7, 11) is 1.50. The number of aromatic nitrogens is 2. The molecule has 0 aliphatic carbocycles. The fourth-order valence-electron chi connectivity index (χ4n) is 3.14. The third kappa shape index (κ3) is 3.32. The van der Waals surface area contributed by atoms with Crippen LogP contribution in [0.15, 0.2) is 71.5 Å². The largest absolute Gasteiger partial charge is 0.618 e. The summed E-state index contributed by atoms with van der Waals surface area (Å²) in [5.74, 6) is -1.03. The standard InChI is InChI=1S/C22H16F2N2O4/c1-29-15-11-9-14(10-12-15)21-22(27)26(20-8-3-2-7-19(20)25(21)28)30-13-16-17(23)5-4-6-18(16)24/h2-12H,13H2,1H3. The van der Waals surface area contributed by atoms with E-state index in [0.717, 1.165) is 16.9 Å². The van der Waals surface area contributed by atoms with E-state index in [9.17, 15) is 18.8 Å². The molecular weight excluding hydrogens is 394 g/mol. The third-order valence-electron chi connectivity index (χ3n) is 4.67. The van der Waals surface area contributed by atoms with Crippen LogP contribution in [-0.4, -0.2) is 11.8 Å². The number of benzene rings is 3. The van der Waals surface area contributed by atoms with E-state index < -0.39 is 23.8 Å². The lowest BCUT2D eigenvalue weighted by Gasteiger charge is -2.15. The second-order valence-electron chi connectivity index (χ2n) is 6.43. The van der Waals surface area contributed by atoms with Crippen molar-refractivity contribution >= 4 is 11.0 Å². The van der Waals surface area contributed by atoms with E-state index in [1.54, 1.807) is 36.4 Å². The Kier molecular flexibility index (Phi) is 5.05. The lowest BCUT2D eigenvalue weighted by atomic mass is 10.1. The minimum Gasteiger partial charge on any atom is -0.618 e. The van der Waals surface area contributed by atoms with E-state index in [2.05, 4.69) is 0 Å². The lowest BCUT2D eigenvalue weighted by Crippen LogP contribution is -2.42. The second kappa shape index (κ2) is 7.82. The molecular formula is C22H16F2N2O4. The first kappa shape index (κ1) is 19.4. The van der Waals surface area contributed by atoms with Crippen molar-refractivity contribution in [2.24, 2.45) is 0 Å². The Hall–Kier alpha value is -3.94. The van der Waals surface area contributed by atoms with Gasteiger partial charge in [-0.1, -0.05) is 18.2 Å². The summed E-state index contributed by atoms with van der Waals surface area (Å²) in [5, 5.41) is 12.9. The second-order valence-corrected chi connectivity index (χ2v) is 6.43. The molecule has 1 heterocycles. The maximum absolute atomic E-state index is 14.0. The molecule has 8 heteroatoms. The SMILES string of the molecule is COc1ccc(-c2c(=O)n(OCc3c(F)cccc3F)c3ccccc3[n+]2[O-])cc1. The van der Waals surface area contributed by atoms with Crippen molar-refractivity contribution < 1.29 is 23.1 Å². The highest BCUT2D eigenvalue weighted by Crippen LogP contribution is 2.20. The van der Waals surface area contributed by atoms with Crippen molar-refractivity contribution in [3.8, 4) is 17.0 Å². The van der Waals surface area contributed by atoms with Gasteiger partial charge in [0.25, 0.3) is 5.69 Å². The Morgan fingerprint density at radius 2 is 1.63 bits per heavy atom. The van der Waals surface area contributed by atoms with Crippen LogP contribution in [0.1, 0.15) is 5.56 Å². The summed E-state index contributed by atoms with van der Waals surface area (Å²) in [4.78, 5) is 18.7. The summed E-state index contributed by atoms with van der Waals surface area (Å²) >= 11 is 0. The van der Waals surface area contributed by atoms with Gasteiger partial charge in [-0.3, -0.25) is 4.79 Å². The number of hydrogen-bond acceptors (Lipinski definition) is 4. The number of rotatable bonds is 5. The summed E-state index contributed by atoms with van der Waals surface area (Å²) in [6, 6.07) is 16.1. The Labute approximate surface area is 169 Å². The zero-order chi connectivity index (χ0) is 21.3. The minimum atomic E-state index is -0.794. The molecule has 0 bridgehead atoms. The molecule has 0 aliphatic rings. The van der Waals surface area contributed by atoms with Crippen LogP contribution in [0, 0.1) is 16.8 Å². The Morgan fingerprint density at radius 1 is 0.967 bits per heavy atom. The molecule has 0 aliphatic heterocycles. The summed E-state index contributed by atoms with van der Waals surface area (Å²) < 4.78 is 34.5. The molecule has 3 aromatic carbocycles. The lowest BCUT2D eigenvalue weighted by molar-refractivity contribution is -0.566. The summed E-state index contributed by atoms with van der Waals surface area (Å²) in [5.41, 5.74) is -0.589. The van der Waals surface area contributed by atoms with Crippen molar-refractivity contribution in [2.45, 2.75) is 6.61 Å². The van der Waals surface area contributed by atoms with Gasteiger partial charge in [-0.2, -0.15) is 4.73 Å². The van der Waals surface area contributed by atoms with Crippen LogP contribution >= 0.6 is 0 Å². The average molecular weight is 410 g/mol. The maximum atomic E-state index is 14.0. The van der Waals surface area contributed by atoms with Crippen molar-refractivity contribution in [1.82, 2.24) is 4.73 Å². The van der Waals surface area contributed by atoms with E-state index in [4.69, 9.17) is 9.57 Å². The molecule has 1 aromatic heterocycles. The minimum absolute atomic E-state index is 0.164. The fourth-order valence-corrected chi connectivity index (χ4v) is 3.14. The van der Waals surface area contributed by atoms with Gasteiger partial charge >= 0.3 is 5.56 Å². The van der Waals surface area contributed by atoms with E-state index in [-0.39, 0.29) is 22.3 Å². The topological polar surface area (TPSA) is 67.4 Å². The molecule has 0 unspecified atom stereocenters. The van der Waals surface area contributed by atoms with Gasteiger partial charge in [0.05, 0.1) is 18.2 Å². The monoisotopic (exact) mass is 410 g/mol. The highest BCUT2D eigenvalue weighted by Gasteiger charge is 2.24. The molecule has 0 spiro atoms. The molecule has 6 nitrogen and oxygen atoms in total. The van der Waals surface area contributed by atoms with Crippen molar-refractivity contribution in [3.05, 3.63) is 99.5 Å². The quantitative estimate of drug-likeness (QED) is 0.374. The average Bonchev–Trinajstić information content (AvgIpc) is 2.76. The van der Waals surface area contributed by atoms with Gasteiger partial charge in [0, 0.05) is 6.07 Å². The van der Waals surface area contributed by atoms with Crippen LogP contribution < -0.4 is 19.9 Å². The zero-order valence-electron chi connectivity index (χ0n) is 15.8. The molecule has 0 fully saturated rings. The molecule has 0 N–H and O–H groups in total. The summed E-state index contributed by atoms with van der Waals surface area (Å²) in [6.45, 7) is -0.534. The van der Waals surface area contributed by atoms with Crippen LogP contribution in [0.25, 0.3) is 22.3 Å². The fraction of sp³-hybridized carbons (Fsp3) is 0.0909. The van der Waals surface area contributed by atoms with Gasteiger partial charge in [-0.25, -0.2) is 8.78 Å². The van der Waals surface area contributed by atoms with Crippen molar-refractivity contribution in [1.29, 1.82) is 0 Å². The molecule has 4 rings (SSSR count).